The van der Waals surface area contributed by atoms with Gasteiger partial charge in [-0.25, -0.2) is 8.42 Å². The van der Waals surface area contributed by atoms with Crippen molar-refractivity contribution in [3.8, 4) is 0 Å². The van der Waals surface area contributed by atoms with Gasteiger partial charge >= 0.3 is 0 Å². The molecule has 0 saturated carbocycles. The Balaban J connectivity index is 2.16. The number of benzene rings is 1. The van der Waals surface area contributed by atoms with Crippen LogP contribution in [0.15, 0.2) is 46.8 Å². The highest BCUT2D eigenvalue weighted by Gasteiger charge is 2.27. The summed E-state index contributed by atoms with van der Waals surface area (Å²) in [6.07, 6.45) is 4.69. The molecule has 2 N–H and O–H groups in total. The van der Waals surface area contributed by atoms with Gasteiger partial charge in [0, 0.05) is 33.2 Å². The Kier molecular flexibility index (Phi) is 6.81. The van der Waals surface area contributed by atoms with Crippen LogP contribution in [0.3, 0.4) is 0 Å². The summed E-state index contributed by atoms with van der Waals surface area (Å²) in [6, 6.07) is 7.14. The summed E-state index contributed by atoms with van der Waals surface area (Å²) in [5.41, 5.74) is 0.740. The lowest BCUT2D eigenvalue weighted by molar-refractivity contribution is 0.346. The molecule has 0 radical (unpaired) electrons. The molecule has 1 aliphatic heterocycles. The third kappa shape index (κ3) is 4.58. The van der Waals surface area contributed by atoms with E-state index in [4.69, 9.17) is 0 Å². The Hall–Kier alpha value is -1.86. The van der Waals surface area contributed by atoms with Gasteiger partial charge in [0.2, 0.25) is 10.0 Å². The van der Waals surface area contributed by atoms with Crippen LogP contribution in [0.2, 0.25) is 0 Å². The largest absolute Gasteiger partial charge is 0.353 e. The van der Waals surface area contributed by atoms with Crippen LogP contribution in [0.1, 0.15) is 24.8 Å². The second-order valence-corrected chi connectivity index (χ2v) is 7.57. The number of aliphatic imine (C=N–C) groups is 1. The first-order valence-electron chi connectivity index (χ1n) is 8.23. The van der Waals surface area contributed by atoms with Crippen LogP contribution in [0, 0.1) is 0 Å². The molecule has 0 amide bonds. The van der Waals surface area contributed by atoms with Gasteiger partial charge in [-0.3, -0.25) is 4.99 Å². The summed E-state index contributed by atoms with van der Waals surface area (Å²) >= 11 is 0. The zero-order chi connectivity index (χ0) is 17.4. The number of rotatable bonds is 6. The van der Waals surface area contributed by atoms with Gasteiger partial charge in [-0.2, -0.15) is 4.31 Å². The Morgan fingerprint density at radius 1 is 1.25 bits per heavy atom. The first-order chi connectivity index (χ1) is 11.6. The fourth-order valence-corrected chi connectivity index (χ4v) is 4.45. The van der Waals surface area contributed by atoms with Crippen molar-refractivity contribution in [1.82, 2.24) is 14.9 Å². The van der Waals surface area contributed by atoms with Crippen LogP contribution in [0.25, 0.3) is 0 Å². The number of guanidine groups is 1. The summed E-state index contributed by atoms with van der Waals surface area (Å²) in [7, 11) is -1.77. The fourth-order valence-electron chi connectivity index (χ4n) is 2.71. The standard InChI is InChI=1S/C17H26N4O2S/c1-3-11-19-17(18-2)20-14-15-9-5-6-10-16(15)24(22,23)21-12-7-4-8-13-21/h3,5-6,9-10H,1,4,7-8,11-14H2,2H3,(H2,18,19,20). The molecule has 6 nitrogen and oxygen atoms in total. The number of nitrogens with zero attached hydrogens (tertiary/aromatic N) is 2. The smallest absolute Gasteiger partial charge is 0.243 e. The average molecular weight is 350 g/mol. The van der Waals surface area contributed by atoms with Gasteiger partial charge < -0.3 is 10.6 Å². The molecule has 0 aliphatic carbocycles. The number of hydrogen-bond acceptors (Lipinski definition) is 3. The highest BCUT2D eigenvalue weighted by atomic mass is 32.2. The van der Waals surface area contributed by atoms with Crippen molar-refractivity contribution in [2.45, 2.75) is 30.7 Å². The van der Waals surface area contributed by atoms with Crippen molar-refractivity contribution in [1.29, 1.82) is 0 Å². The summed E-state index contributed by atoms with van der Waals surface area (Å²) in [6.45, 7) is 5.84. The third-order valence-corrected chi connectivity index (χ3v) is 5.99. The third-order valence-electron chi connectivity index (χ3n) is 3.99. The SMILES string of the molecule is C=CCNC(=NC)NCc1ccccc1S(=O)(=O)N1CCCCC1. The summed E-state index contributed by atoms with van der Waals surface area (Å²) in [5, 5.41) is 6.22. The lowest BCUT2D eigenvalue weighted by Crippen LogP contribution is -2.38. The van der Waals surface area contributed by atoms with Crippen LogP contribution >= 0.6 is 0 Å². The van der Waals surface area contributed by atoms with E-state index in [-0.39, 0.29) is 0 Å². The average Bonchev–Trinajstić information content (AvgIpc) is 2.63. The normalized spacial score (nSPS) is 16.6. The van der Waals surface area contributed by atoms with Gasteiger partial charge in [-0.1, -0.05) is 30.7 Å². The minimum atomic E-state index is -3.45. The topological polar surface area (TPSA) is 73.8 Å². The van der Waals surface area contributed by atoms with Crippen molar-refractivity contribution >= 4 is 16.0 Å². The van der Waals surface area contributed by atoms with Gasteiger partial charge in [0.25, 0.3) is 0 Å². The molecule has 1 aromatic rings. The molecule has 0 bridgehead atoms. The molecule has 1 aromatic carbocycles. The summed E-state index contributed by atoms with van der Waals surface area (Å²) < 4.78 is 27.5. The molecule has 24 heavy (non-hydrogen) atoms. The Morgan fingerprint density at radius 2 is 1.96 bits per heavy atom. The second-order valence-electron chi connectivity index (χ2n) is 5.67. The van der Waals surface area contributed by atoms with Crippen LogP contribution in [-0.4, -0.2) is 45.4 Å². The Bertz CT molecular complexity index is 680. The van der Waals surface area contributed by atoms with Crippen LogP contribution in [-0.2, 0) is 16.6 Å². The molecule has 1 heterocycles. The lowest BCUT2D eigenvalue weighted by atomic mass is 10.2. The first-order valence-corrected chi connectivity index (χ1v) is 9.67. The molecule has 1 saturated heterocycles. The van der Waals surface area contributed by atoms with Gasteiger partial charge in [-0.05, 0) is 24.5 Å². The van der Waals surface area contributed by atoms with E-state index in [0.29, 0.717) is 37.0 Å². The molecule has 0 atom stereocenters. The lowest BCUT2D eigenvalue weighted by Gasteiger charge is -2.27. The van der Waals surface area contributed by atoms with Crippen LogP contribution < -0.4 is 10.6 Å². The summed E-state index contributed by atoms with van der Waals surface area (Å²) in [5.74, 6) is 0.611. The maximum absolute atomic E-state index is 12.9. The van der Waals surface area contributed by atoms with Crippen molar-refractivity contribution in [2.24, 2.45) is 4.99 Å². The van der Waals surface area contributed by atoms with E-state index in [0.717, 1.165) is 24.8 Å². The van der Waals surface area contributed by atoms with Crippen molar-refractivity contribution < 1.29 is 8.42 Å². The van der Waals surface area contributed by atoms with E-state index in [1.54, 1.807) is 29.6 Å². The van der Waals surface area contributed by atoms with Crippen LogP contribution in [0.4, 0.5) is 0 Å². The van der Waals surface area contributed by atoms with Gasteiger partial charge in [0.15, 0.2) is 5.96 Å². The van der Waals surface area contributed by atoms with Crippen molar-refractivity contribution in [3.63, 3.8) is 0 Å². The molecule has 1 fully saturated rings. The number of hydrogen-bond donors (Lipinski definition) is 2. The van der Waals surface area contributed by atoms with E-state index in [1.807, 2.05) is 12.1 Å². The zero-order valence-electron chi connectivity index (χ0n) is 14.2. The molecular weight excluding hydrogens is 324 g/mol. The van der Waals surface area contributed by atoms with Gasteiger partial charge in [0.05, 0.1) is 4.90 Å². The molecular formula is C17H26N4O2S. The number of piperidine rings is 1. The summed E-state index contributed by atoms with van der Waals surface area (Å²) in [4.78, 5) is 4.48. The predicted molar refractivity (Wildman–Crippen MR) is 97.5 cm³/mol. The maximum atomic E-state index is 12.9. The molecule has 0 unspecified atom stereocenters. The predicted octanol–water partition coefficient (Wildman–Crippen LogP) is 1.71. The molecule has 2 rings (SSSR count). The molecule has 132 valence electrons. The highest BCUT2D eigenvalue weighted by molar-refractivity contribution is 7.89. The van der Waals surface area contributed by atoms with E-state index < -0.39 is 10.0 Å². The van der Waals surface area contributed by atoms with E-state index in [9.17, 15) is 8.42 Å². The van der Waals surface area contributed by atoms with Gasteiger partial charge in [-0.15, -0.1) is 6.58 Å². The number of nitrogens with one attached hydrogen (secondary N) is 2. The van der Waals surface area contributed by atoms with Crippen molar-refractivity contribution in [3.05, 3.63) is 42.5 Å². The minimum absolute atomic E-state index is 0.374. The van der Waals surface area contributed by atoms with E-state index >= 15 is 0 Å². The van der Waals surface area contributed by atoms with Crippen LogP contribution in [0.5, 0.6) is 0 Å². The minimum Gasteiger partial charge on any atom is -0.353 e. The zero-order valence-corrected chi connectivity index (χ0v) is 15.0. The van der Waals surface area contributed by atoms with Crippen molar-refractivity contribution in [2.75, 3.05) is 26.7 Å². The van der Waals surface area contributed by atoms with E-state index in [1.165, 1.54) is 0 Å². The second kappa shape index (κ2) is 8.84. The van der Waals surface area contributed by atoms with E-state index in [2.05, 4.69) is 22.2 Å². The number of sulfonamides is 1. The molecule has 7 heteroatoms. The van der Waals surface area contributed by atoms with Gasteiger partial charge in [0.1, 0.15) is 0 Å². The maximum Gasteiger partial charge on any atom is 0.243 e. The first kappa shape index (κ1) is 18.5. The molecule has 1 aliphatic rings. The molecule has 0 spiro atoms. The quantitative estimate of drug-likeness (QED) is 0.465. The highest BCUT2D eigenvalue weighted by Crippen LogP contribution is 2.23. The monoisotopic (exact) mass is 350 g/mol. The Morgan fingerprint density at radius 3 is 2.62 bits per heavy atom. The Labute approximate surface area is 144 Å². The molecule has 0 aromatic heterocycles. The fraction of sp³-hybridized carbons (Fsp3) is 0.471.